The number of halogens is 1. The molecule has 1 aliphatic carbocycles. The van der Waals surface area contributed by atoms with Crippen molar-refractivity contribution >= 4 is 0 Å². The summed E-state index contributed by atoms with van der Waals surface area (Å²) in [6.07, 6.45) is 8.50. The Morgan fingerprint density at radius 2 is 2.10 bits per heavy atom. The van der Waals surface area contributed by atoms with Crippen LogP contribution in [0.3, 0.4) is 0 Å². The highest BCUT2D eigenvalue weighted by molar-refractivity contribution is 5.67. The maximum Gasteiger partial charge on any atom is 0.126 e. The van der Waals surface area contributed by atoms with E-state index in [1.54, 1.807) is 12.3 Å². The van der Waals surface area contributed by atoms with Crippen molar-refractivity contribution in [3.05, 3.63) is 71.7 Å². The van der Waals surface area contributed by atoms with Gasteiger partial charge in [-0.05, 0) is 55.5 Å². The number of hydrogen-bond donors (Lipinski definition) is 1. The second kappa shape index (κ2) is 7.24. The third-order valence-electron chi connectivity index (χ3n) is 5.66. The zero-order valence-electron chi connectivity index (χ0n) is 16.1. The fourth-order valence-corrected chi connectivity index (χ4v) is 4.21. The summed E-state index contributed by atoms with van der Waals surface area (Å²) in [5.74, 6) is 0.219. The van der Waals surface area contributed by atoms with Crippen LogP contribution in [0.1, 0.15) is 35.6 Å². The Labute approximate surface area is 167 Å². The van der Waals surface area contributed by atoms with Gasteiger partial charge in [0.05, 0.1) is 17.7 Å². The Morgan fingerprint density at radius 3 is 2.97 bits per heavy atom. The predicted molar refractivity (Wildman–Crippen MR) is 108 cm³/mol. The summed E-state index contributed by atoms with van der Waals surface area (Å²) in [6.45, 7) is 2.70. The van der Waals surface area contributed by atoms with Crippen LogP contribution in [0.15, 0.2) is 49.1 Å². The topological polar surface area (TPSA) is 72.3 Å². The van der Waals surface area contributed by atoms with Crippen molar-refractivity contribution in [3.63, 3.8) is 0 Å². The van der Waals surface area contributed by atoms with Crippen molar-refractivity contribution < 1.29 is 4.39 Å². The molecule has 0 saturated carbocycles. The van der Waals surface area contributed by atoms with Gasteiger partial charge in [0, 0.05) is 30.4 Å². The van der Waals surface area contributed by atoms with Crippen LogP contribution in [-0.2, 0) is 13.0 Å². The van der Waals surface area contributed by atoms with E-state index in [0.29, 0.717) is 5.92 Å². The van der Waals surface area contributed by atoms with Crippen molar-refractivity contribution in [2.45, 2.75) is 38.6 Å². The molecule has 1 aliphatic rings. The predicted octanol–water partition coefficient (Wildman–Crippen LogP) is 4.30. The lowest BCUT2D eigenvalue weighted by Gasteiger charge is -2.26. The SMILES string of the molecule is Cc1n[nH]nc1-c1ccnc(-c2cn(C[C@H]3CCCc4c(F)cccc43)cn2)c1. The van der Waals surface area contributed by atoms with Gasteiger partial charge in [0.25, 0.3) is 0 Å². The van der Waals surface area contributed by atoms with Crippen molar-refractivity contribution in [1.82, 2.24) is 29.9 Å². The van der Waals surface area contributed by atoms with Crippen molar-refractivity contribution in [3.8, 4) is 22.6 Å². The highest BCUT2D eigenvalue weighted by Gasteiger charge is 2.23. The van der Waals surface area contributed by atoms with Crippen LogP contribution in [-0.4, -0.2) is 29.9 Å². The average Bonchev–Trinajstić information content (AvgIpc) is 3.38. The van der Waals surface area contributed by atoms with Crippen molar-refractivity contribution in [2.24, 2.45) is 0 Å². The molecule has 0 radical (unpaired) electrons. The molecule has 29 heavy (non-hydrogen) atoms. The molecule has 0 bridgehead atoms. The van der Waals surface area contributed by atoms with Gasteiger partial charge in [-0.25, -0.2) is 9.37 Å². The van der Waals surface area contributed by atoms with Gasteiger partial charge < -0.3 is 4.57 Å². The summed E-state index contributed by atoms with van der Waals surface area (Å²) in [6, 6.07) is 9.33. The number of aromatic nitrogens is 6. The van der Waals surface area contributed by atoms with Crippen LogP contribution in [0.2, 0.25) is 0 Å². The minimum absolute atomic E-state index is 0.0808. The van der Waals surface area contributed by atoms with Gasteiger partial charge in [0.2, 0.25) is 0 Å². The molecule has 0 saturated heterocycles. The average molecular weight is 388 g/mol. The molecule has 6 nitrogen and oxygen atoms in total. The van der Waals surface area contributed by atoms with E-state index in [9.17, 15) is 4.39 Å². The van der Waals surface area contributed by atoms with Crippen LogP contribution in [0.5, 0.6) is 0 Å². The number of benzene rings is 1. The number of H-pyrrole nitrogens is 1. The third kappa shape index (κ3) is 3.33. The number of imidazole rings is 1. The van der Waals surface area contributed by atoms with E-state index >= 15 is 0 Å². The summed E-state index contributed by atoms with van der Waals surface area (Å²) in [7, 11) is 0. The molecule has 1 N–H and O–H groups in total. The maximum absolute atomic E-state index is 14.2. The molecule has 1 aromatic carbocycles. The number of pyridine rings is 1. The van der Waals surface area contributed by atoms with Gasteiger partial charge in [-0.15, -0.1) is 0 Å². The van der Waals surface area contributed by atoms with Crippen LogP contribution in [0.25, 0.3) is 22.6 Å². The van der Waals surface area contributed by atoms with E-state index < -0.39 is 0 Å². The molecule has 3 heterocycles. The number of aryl methyl sites for hydroxylation is 1. The lowest BCUT2D eigenvalue weighted by atomic mass is 9.82. The summed E-state index contributed by atoms with van der Waals surface area (Å²) in [5.41, 5.74) is 6.22. The number of nitrogens with one attached hydrogen (secondary N) is 1. The monoisotopic (exact) mass is 388 g/mol. The first-order chi connectivity index (χ1) is 14.2. The first-order valence-corrected chi connectivity index (χ1v) is 9.82. The Balaban J connectivity index is 1.40. The van der Waals surface area contributed by atoms with Gasteiger partial charge in [-0.3, -0.25) is 4.98 Å². The van der Waals surface area contributed by atoms with E-state index in [4.69, 9.17) is 0 Å². The van der Waals surface area contributed by atoms with Gasteiger partial charge in [0.1, 0.15) is 17.2 Å². The summed E-state index contributed by atoms with van der Waals surface area (Å²) in [4.78, 5) is 9.03. The molecule has 146 valence electrons. The van der Waals surface area contributed by atoms with E-state index in [0.717, 1.165) is 65.3 Å². The molecule has 3 aromatic heterocycles. The quantitative estimate of drug-likeness (QED) is 0.566. The Bertz CT molecular complexity index is 1160. The molecule has 1 atom stereocenters. The fraction of sp³-hybridized carbons (Fsp3) is 0.273. The van der Waals surface area contributed by atoms with Crippen LogP contribution >= 0.6 is 0 Å². The highest BCUT2D eigenvalue weighted by Crippen LogP contribution is 2.34. The Kier molecular flexibility index (Phi) is 4.42. The molecular formula is C22H21FN6. The summed E-state index contributed by atoms with van der Waals surface area (Å²) < 4.78 is 16.2. The molecule has 0 spiro atoms. The maximum atomic E-state index is 14.2. The fourth-order valence-electron chi connectivity index (χ4n) is 4.21. The Morgan fingerprint density at radius 1 is 1.17 bits per heavy atom. The summed E-state index contributed by atoms with van der Waals surface area (Å²) >= 11 is 0. The van der Waals surface area contributed by atoms with E-state index in [1.165, 1.54) is 0 Å². The number of aromatic amines is 1. The standard InChI is InChI=1S/C22H21FN6/c1-14-22(27-28-26-14)15-8-9-24-20(10-15)21-12-29(13-25-21)11-16-4-2-6-18-17(16)5-3-7-19(18)23/h3,5,7-10,12-13,16H,2,4,6,11H2,1H3,(H,26,27,28)/t16-/m1/s1. The molecule has 0 unspecified atom stereocenters. The van der Waals surface area contributed by atoms with E-state index in [2.05, 4.69) is 36.0 Å². The Hall–Kier alpha value is -3.35. The smallest absolute Gasteiger partial charge is 0.126 e. The number of fused-ring (bicyclic) bond motifs is 1. The highest BCUT2D eigenvalue weighted by atomic mass is 19.1. The molecule has 7 heteroatoms. The van der Waals surface area contributed by atoms with Gasteiger partial charge in [-0.2, -0.15) is 15.4 Å². The second-order valence-electron chi connectivity index (χ2n) is 7.54. The normalized spacial score (nSPS) is 16.0. The lowest BCUT2D eigenvalue weighted by Crippen LogP contribution is -2.16. The minimum atomic E-state index is -0.0808. The van der Waals surface area contributed by atoms with E-state index in [1.807, 2.05) is 37.6 Å². The largest absolute Gasteiger partial charge is 0.336 e. The lowest BCUT2D eigenvalue weighted by molar-refractivity contribution is 0.469. The number of rotatable bonds is 4. The molecule has 5 rings (SSSR count). The zero-order chi connectivity index (χ0) is 19.8. The molecule has 4 aromatic rings. The third-order valence-corrected chi connectivity index (χ3v) is 5.66. The number of nitrogens with zero attached hydrogens (tertiary/aromatic N) is 5. The molecule has 0 fully saturated rings. The molecular weight excluding hydrogens is 367 g/mol. The molecule has 0 amide bonds. The van der Waals surface area contributed by atoms with Crippen molar-refractivity contribution in [1.29, 1.82) is 0 Å². The second-order valence-corrected chi connectivity index (χ2v) is 7.54. The van der Waals surface area contributed by atoms with Crippen molar-refractivity contribution in [2.75, 3.05) is 0 Å². The number of hydrogen-bond acceptors (Lipinski definition) is 4. The van der Waals surface area contributed by atoms with Gasteiger partial charge >= 0.3 is 0 Å². The van der Waals surface area contributed by atoms with Crippen LogP contribution < -0.4 is 0 Å². The van der Waals surface area contributed by atoms with E-state index in [-0.39, 0.29) is 5.82 Å². The minimum Gasteiger partial charge on any atom is -0.336 e. The zero-order valence-corrected chi connectivity index (χ0v) is 16.1. The van der Waals surface area contributed by atoms with Crippen LogP contribution in [0, 0.1) is 12.7 Å². The van der Waals surface area contributed by atoms with Gasteiger partial charge in [-0.1, -0.05) is 12.1 Å². The first-order valence-electron chi connectivity index (χ1n) is 9.82. The molecule has 0 aliphatic heterocycles. The summed E-state index contributed by atoms with van der Waals surface area (Å²) in [5, 5.41) is 10.9. The first kappa shape index (κ1) is 17.7. The van der Waals surface area contributed by atoms with Crippen LogP contribution in [0.4, 0.5) is 4.39 Å². The van der Waals surface area contributed by atoms with Gasteiger partial charge in [0.15, 0.2) is 0 Å².